The molecule has 1 fully saturated rings. The van der Waals surface area contributed by atoms with Gasteiger partial charge in [-0.05, 0) is 19.4 Å². The SMILES string of the molecule is CCOC1CC(NS(=O)(=O)c2cc(CN)n(C)c2)C1(C)C. The maximum atomic E-state index is 12.5. The van der Waals surface area contributed by atoms with E-state index in [4.69, 9.17) is 10.5 Å². The number of ether oxygens (including phenoxy) is 1. The highest BCUT2D eigenvalue weighted by atomic mass is 32.2. The third-order valence-corrected chi connectivity index (χ3v) is 5.88. The molecule has 0 amide bonds. The molecule has 0 saturated heterocycles. The molecule has 1 aliphatic carbocycles. The van der Waals surface area contributed by atoms with Crippen molar-refractivity contribution in [2.24, 2.45) is 18.2 Å². The maximum absolute atomic E-state index is 12.5. The fraction of sp³-hybridized carbons (Fsp3) is 0.714. The Labute approximate surface area is 126 Å². The van der Waals surface area contributed by atoms with Crippen LogP contribution in [0.3, 0.4) is 0 Å². The van der Waals surface area contributed by atoms with Crippen LogP contribution in [0.15, 0.2) is 17.2 Å². The molecular formula is C14H25N3O3S. The summed E-state index contributed by atoms with van der Waals surface area (Å²) in [6.45, 7) is 6.96. The van der Waals surface area contributed by atoms with Gasteiger partial charge in [0, 0.05) is 43.5 Å². The lowest BCUT2D eigenvalue weighted by atomic mass is 9.65. The van der Waals surface area contributed by atoms with Gasteiger partial charge in [0.05, 0.1) is 11.0 Å². The Balaban J connectivity index is 2.12. The molecule has 0 aliphatic heterocycles. The van der Waals surface area contributed by atoms with E-state index in [0.717, 1.165) is 5.69 Å². The van der Waals surface area contributed by atoms with E-state index in [2.05, 4.69) is 4.72 Å². The van der Waals surface area contributed by atoms with Crippen molar-refractivity contribution in [1.82, 2.24) is 9.29 Å². The topological polar surface area (TPSA) is 86.3 Å². The number of nitrogens with one attached hydrogen (secondary N) is 1. The van der Waals surface area contributed by atoms with E-state index >= 15 is 0 Å². The molecule has 1 saturated carbocycles. The van der Waals surface area contributed by atoms with Crippen LogP contribution in [0.5, 0.6) is 0 Å². The number of sulfonamides is 1. The Morgan fingerprint density at radius 1 is 1.52 bits per heavy atom. The largest absolute Gasteiger partial charge is 0.378 e. The fourth-order valence-electron chi connectivity index (χ4n) is 2.75. The minimum Gasteiger partial charge on any atom is -0.378 e. The van der Waals surface area contributed by atoms with Crippen LogP contribution in [0.25, 0.3) is 0 Å². The third kappa shape index (κ3) is 3.01. The Hall–Kier alpha value is -0.890. The monoisotopic (exact) mass is 315 g/mol. The summed E-state index contributed by atoms with van der Waals surface area (Å²) in [5, 5.41) is 0. The van der Waals surface area contributed by atoms with E-state index in [1.54, 1.807) is 23.9 Å². The molecule has 2 atom stereocenters. The summed E-state index contributed by atoms with van der Waals surface area (Å²) in [4.78, 5) is 0.265. The lowest BCUT2D eigenvalue weighted by Gasteiger charge is -2.51. The number of rotatable bonds is 6. The van der Waals surface area contributed by atoms with Crippen molar-refractivity contribution >= 4 is 10.0 Å². The Morgan fingerprint density at radius 2 is 2.19 bits per heavy atom. The molecule has 0 radical (unpaired) electrons. The minimum absolute atomic E-state index is 0.102. The molecule has 1 aromatic heterocycles. The zero-order valence-corrected chi connectivity index (χ0v) is 13.9. The quantitative estimate of drug-likeness (QED) is 0.819. The smallest absolute Gasteiger partial charge is 0.242 e. The van der Waals surface area contributed by atoms with Crippen LogP contribution in [-0.4, -0.2) is 31.7 Å². The van der Waals surface area contributed by atoms with Gasteiger partial charge in [-0.2, -0.15) is 0 Å². The van der Waals surface area contributed by atoms with Gasteiger partial charge in [-0.15, -0.1) is 0 Å². The Kier molecular flexibility index (Phi) is 4.49. The molecule has 120 valence electrons. The molecule has 0 aromatic carbocycles. The highest BCUT2D eigenvalue weighted by Gasteiger charge is 2.50. The van der Waals surface area contributed by atoms with Crippen molar-refractivity contribution in [3.63, 3.8) is 0 Å². The van der Waals surface area contributed by atoms with Gasteiger partial charge in [0.15, 0.2) is 0 Å². The first-order chi connectivity index (χ1) is 9.72. The number of hydrogen-bond acceptors (Lipinski definition) is 4. The predicted octanol–water partition coefficient (Wildman–Crippen LogP) is 0.966. The molecule has 3 N–H and O–H groups in total. The summed E-state index contributed by atoms with van der Waals surface area (Å²) in [5.41, 5.74) is 6.18. The van der Waals surface area contributed by atoms with Gasteiger partial charge in [0.25, 0.3) is 0 Å². The molecule has 1 aliphatic rings. The predicted molar refractivity (Wildman–Crippen MR) is 81.2 cm³/mol. The van der Waals surface area contributed by atoms with Crippen LogP contribution in [0, 0.1) is 5.41 Å². The summed E-state index contributed by atoms with van der Waals surface area (Å²) in [6, 6.07) is 1.51. The summed E-state index contributed by atoms with van der Waals surface area (Å²) in [7, 11) is -1.73. The standard InChI is InChI=1S/C14H25N3O3S/c1-5-20-13-7-12(14(13,2)3)16-21(18,19)11-6-10(8-15)17(4)9-11/h6,9,12-13,16H,5,7-8,15H2,1-4H3. The number of aryl methyl sites for hydroxylation is 1. The highest BCUT2D eigenvalue weighted by Crippen LogP contribution is 2.43. The number of nitrogens with zero attached hydrogens (tertiary/aromatic N) is 1. The van der Waals surface area contributed by atoms with Crippen molar-refractivity contribution in [1.29, 1.82) is 0 Å². The van der Waals surface area contributed by atoms with E-state index in [1.165, 1.54) is 0 Å². The molecular weight excluding hydrogens is 290 g/mol. The van der Waals surface area contributed by atoms with Gasteiger partial charge >= 0.3 is 0 Å². The van der Waals surface area contributed by atoms with Crippen LogP contribution >= 0.6 is 0 Å². The summed E-state index contributed by atoms with van der Waals surface area (Å²) < 4.78 is 35.1. The maximum Gasteiger partial charge on any atom is 0.242 e. The van der Waals surface area contributed by atoms with Gasteiger partial charge in [0.2, 0.25) is 10.0 Å². The molecule has 6 nitrogen and oxygen atoms in total. The lowest BCUT2D eigenvalue weighted by Crippen LogP contribution is -2.61. The molecule has 0 spiro atoms. The Morgan fingerprint density at radius 3 is 2.67 bits per heavy atom. The summed E-state index contributed by atoms with van der Waals surface area (Å²) in [5.74, 6) is 0. The van der Waals surface area contributed by atoms with E-state index in [1.807, 2.05) is 20.8 Å². The van der Waals surface area contributed by atoms with E-state index in [0.29, 0.717) is 19.6 Å². The van der Waals surface area contributed by atoms with Gasteiger partial charge < -0.3 is 15.0 Å². The normalized spacial score (nSPS) is 24.8. The average Bonchev–Trinajstić information content (AvgIpc) is 2.79. The van der Waals surface area contributed by atoms with Gasteiger partial charge in [-0.1, -0.05) is 13.8 Å². The second kappa shape index (κ2) is 5.72. The molecule has 2 unspecified atom stereocenters. The molecule has 0 bridgehead atoms. The van der Waals surface area contributed by atoms with Gasteiger partial charge in [0.1, 0.15) is 0 Å². The van der Waals surface area contributed by atoms with Crippen molar-refractivity contribution in [3.05, 3.63) is 18.0 Å². The number of nitrogens with two attached hydrogens (primary N) is 1. The van der Waals surface area contributed by atoms with Gasteiger partial charge in [-0.3, -0.25) is 0 Å². The lowest BCUT2D eigenvalue weighted by molar-refractivity contribution is -0.108. The van der Waals surface area contributed by atoms with Crippen LogP contribution < -0.4 is 10.5 Å². The minimum atomic E-state index is -3.52. The molecule has 21 heavy (non-hydrogen) atoms. The molecule has 7 heteroatoms. The van der Waals surface area contributed by atoms with Crippen LogP contribution in [0.2, 0.25) is 0 Å². The van der Waals surface area contributed by atoms with Crippen LogP contribution in [0.4, 0.5) is 0 Å². The molecule has 1 heterocycles. The fourth-order valence-corrected chi connectivity index (χ4v) is 4.25. The highest BCUT2D eigenvalue weighted by molar-refractivity contribution is 7.89. The average molecular weight is 315 g/mol. The second-order valence-corrected chi connectivity index (χ2v) is 7.87. The second-order valence-electron chi connectivity index (χ2n) is 6.16. The first-order valence-corrected chi connectivity index (χ1v) is 8.70. The first kappa shape index (κ1) is 16.5. The molecule has 2 rings (SSSR count). The van der Waals surface area contributed by atoms with Crippen LogP contribution in [0.1, 0.15) is 32.9 Å². The Bertz CT molecular complexity index is 607. The first-order valence-electron chi connectivity index (χ1n) is 7.21. The van der Waals surface area contributed by atoms with E-state index in [-0.39, 0.29) is 22.5 Å². The number of hydrogen-bond donors (Lipinski definition) is 2. The number of aromatic nitrogens is 1. The van der Waals surface area contributed by atoms with Crippen molar-refractivity contribution in [2.75, 3.05) is 6.61 Å². The van der Waals surface area contributed by atoms with Gasteiger partial charge in [-0.25, -0.2) is 13.1 Å². The zero-order chi connectivity index (χ0) is 15.8. The van der Waals surface area contributed by atoms with E-state index < -0.39 is 10.0 Å². The van der Waals surface area contributed by atoms with Crippen molar-refractivity contribution in [3.8, 4) is 0 Å². The summed E-state index contributed by atoms with van der Waals surface area (Å²) in [6.07, 6.45) is 2.40. The zero-order valence-electron chi connectivity index (χ0n) is 13.1. The third-order valence-electron chi connectivity index (χ3n) is 4.45. The van der Waals surface area contributed by atoms with Crippen molar-refractivity contribution < 1.29 is 13.2 Å². The van der Waals surface area contributed by atoms with Crippen molar-refractivity contribution in [2.45, 2.75) is 50.8 Å². The van der Waals surface area contributed by atoms with Crippen LogP contribution in [-0.2, 0) is 28.4 Å². The molecule has 1 aromatic rings. The van der Waals surface area contributed by atoms with E-state index in [9.17, 15) is 8.42 Å². The summed E-state index contributed by atoms with van der Waals surface area (Å²) >= 11 is 0.